The molecule has 11 heavy (non-hydrogen) atoms. The Balaban J connectivity index is 3.02. The summed E-state index contributed by atoms with van der Waals surface area (Å²) in [5.41, 5.74) is 4.40. The first-order valence-electron chi connectivity index (χ1n) is 4.29. The second kappa shape index (κ2) is 3.56. The molecule has 0 radical (unpaired) electrons. The molecular weight excluding hydrogens is 132 g/mol. The van der Waals surface area contributed by atoms with Crippen molar-refractivity contribution in [1.29, 1.82) is 0 Å². The fourth-order valence-corrected chi connectivity index (χ4v) is 1.58. The van der Waals surface area contributed by atoms with Gasteiger partial charge in [-0.15, -0.1) is 0 Å². The van der Waals surface area contributed by atoms with Gasteiger partial charge in [-0.2, -0.15) is 0 Å². The third kappa shape index (κ3) is 1.83. The van der Waals surface area contributed by atoms with Gasteiger partial charge in [-0.3, -0.25) is 0 Å². The lowest BCUT2D eigenvalue weighted by Gasteiger charge is -2.05. The Morgan fingerprint density at radius 3 is 2.73 bits per heavy atom. The Kier molecular flexibility index (Phi) is 2.70. The van der Waals surface area contributed by atoms with Crippen LogP contribution in [-0.2, 0) is 0 Å². The van der Waals surface area contributed by atoms with E-state index < -0.39 is 0 Å². The molecule has 0 aromatic carbocycles. The van der Waals surface area contributed by atoms with E-state index in [0.29, 0.717) is 0 Å². The van der Waals surface area contributed by atoms with Crippen LogP contribution in [0, 0.1) is 0 Å². The third-order valence-corrected chi connectivity index (χ3v) is 2.23. The number of allylic oxidation sites excluding steroid dienone is 6. The summed E-state index contributed by atoms with van der Waals surface area (Å²) in [5.74, 6) is 0. The average molecular weight is 148 g/mol. The maximum Gasteiger partial charge on any atom is -0.0160 e. The van der Waals surface area contributed by atoms with Crippen molar-refractivity contribution >= 4 is 0 Å². The molecule has 0 N–H and O–H groups in total. The summed E-state index contributed by atoms with van der Waals surface area (Å²) in [4.78, 5) is 0. The molecule has 0 fully saturated rings. The molecule has 0 aromatic rings. The zero-order valence-electron chi connectivity index (χ0n) is 7.65. The van der Waals surface area contributed by atoms with Gasteiger partial charge in [-0.05, 0) is 37.8 Å². The van der Waals surface area contributed by atoms with Gasteiger partial charge in [-0.1, -0.05) is 30.7 Å². The number of hydrogen-bond donors (Lipinski definition) is 0. The minimum atomic E-state index is 1.09. The fourth-order valence-electron chi connectivity index (χ4n) is 1.58. The average Bonchev–Trinajstić information content (AvgIpc) is 2.12. The second-order valence-corrected chi connectivity index (χ2v) is 3.04. The lowest BCUT2D eigenvalue weighted by Crippen LogP contribution is -1.85. The van der Waals surface area contributed by atoms with Crippen molar-refractivity contribution < 1.29 is 0 Å². The van der Waals surface area contributed by atoms with Gasteiger partial charge in [0.15, 0.2) is 0 Å². The predicted octanol–water partition coefficient (Wildman–Crippen LogP) is 3.62. The molecule has 1 aliphatic carbocycles. The van der Waals surface area contributed by atoms with Crippen molar-refractivity contribution in [3.63, 3.8) is 0 Å². The molecule has 0 aromatic heterocycles. The highest BCUT2D eigenvalue weighted by molar-refractivity contribution is 5.40. The standard InChI is InChI=1S/C11H16/c1-4-11-9(2)7-5-6-8-10(11)3/h5,7-8H,4,6H2,1-3H3. The van der Waals surface area contributed by atoms with Gasteiger partial charge >= 0.3 is 0 Å². The van der Waals surface area contributed by atoms with E-state index in [0.717, 1.165) is 12.8 Å². The Morgan fingerprint density at radius 2 is 2.09 bits per heavy atom. The van der Waals surface area contributed by atoms with E-state index in [-0.39, 0.29) is 0 Å². The van der Waals surface area contributed by atoms with Crippen LogP contribution < -0.4 is 0 Å². The van der Waals surface area contributed by atoms with Crippen molar-refractivity contribution in [2.24, 2.45) is 0 Å². The van der Waals surface area contributed by atoms with Gasteiger partial charge < -0.3 is 0 Å². The third-order valence-electron chi connectivity index (χ3n) is 2.23. The van der Waals surface area contributed by atoms with Crippen molar-refractivity contribution in [2.45, 2.75) is 33.6 Å². The van der Waals surface area contributed by atoms with E-state index in [4.69, 9.17) is 0 Å². The molecule has 0 heteroatoms. The molecule has 60 valence electrons. The van der Waals surface area contributed by atoms with Crippen molar-refractivity contribution in [3.05, 3.63) is 34.9 Å². The highest BCUT2D eigenvalue weighted by Gasteiger charge is 2.01. The van der Waals surface area contributed by atoms with E-state index >= 15 is 0 Å². The van der Waals surface area contributed by atoms with E-state index in [1.165, 1.54) is 16.7 Å². The topological polar surface area (TPSA) is 0 Å². The monoisotopic (exact) mass is 148 g/mol. The normalized spacial score (nSPS) is 18.3. The van der Waals surface area contributed by atoms with Crippen LogP contribution in [-0.4, -0.2) is 0 Å². The first-order valence-corrected chi connectivity index (χ1v) is 4.29. The van der Waals surface area contributed by atoms with E-state index in [9.17, 15) is 0 Å². The van der Waals surface area contributed by atoms with Gasteiger partial charge in [0.2, 0.25) is 0 Å². The summed E-state index contributed by atoms with van der Waals surface area (Å²) in [6, 6.07) is 0. The Morgan fingerprint density at radius 1 is 1.36 bits per heavy atom. The zero-order chi connectivity index (χ0) is 8.27. The minimum Gasteiger partial charge on any atom is -0.0805 e. The molecule has 0 saturated carbocycles. The van der Waals surface area contributed by atoms with Crippen LogP contribution in [0.4, 0.5) is 0 Å². The van der Waals surface area contributed by atoms with Gasteiger partial charge in [-0.25, -0.2) is 0 Å². The highest BCUT2D eigenvalue weighted by Crippen LogP contribution is 2.21. The molecule has 0 amide bonds. The summed E-state index contributed by atoms with van der Waals surface area (Å²) in [6.45, 7) is 6.61. The molecule has 0 atom stereocenters. The number of rotatable bonds is 1. The molecule has 0 spiro atoms. The summed E-state index contributed by atoms with van der Waals surface area (Å²) in [7, 11) is 0. The van der Waals surface area contributed by atoms with Crippen LogP contribution in [0.25, 0.3) is 0 Å². The molecule has 1 aliphatic rings. The zero-order valence-corrected chi connectivity index (χ0v) is 7.65. The van der Waals surface area contributed by atoms with Crippen LogP contribution in [0.1, 0.15) is 33.6 Å². The van der Waals surface area contributed by atoms with Gasteiger partial charge in [0, 0.05) is 0 Å². The summed E-state index contributed by atoms with van der Waals surface area (Å²) >= 11 is 0. The first kappa shape index (κ1) is 8.32. The van der Waals surface area contributed by atoms with Gasteiger partial charge in [0.25, 0.3) is 0 Å². The summed E-state index contributed by atoms with van der Waals surface area (Å²) < 4.78 is 0. The molecule has 0 bridgehead atoms. The Hall–Kier alpha value is -0.780. The molecule has 0 unspecified atom stereocenters. The lowest BCUT2D eigenvalue weighted by atomic mass is 10.0. The maximum absolute atomic E-state index is 2.30. The summed E-state index contributed by atoms with van der Waals surface area (Å²) in [6.07, 6.45) is 8.99. The SMILES string of the molecule is CCC1=C(C)C=CCC=C1C. The quantitative estimate of drug-likeness (QED) is 0.532. The molecular formula is C11H16. The van der Waals surface area contributed by atoms with Crippen LogP contribution in [0.2, 0.25) is 0 Å². The van der Waals surface area contributed by atoms with Crippen molar-refractivity contribution in [3.8, 4) is 0 Å². The van der Waals surface area contributed by atoms with Crippen LogP contribution in [0.3, 0.4) is 0 Å². The molecule has 0 aliphatic heterocycles. The van der Waals surface area contributed by atoms with Crippen molar-refractivity contribution in [2.75, 3.05) is 0 Å². The molecule has 1 rings (SSSR count). The lowest BCUT2D eigenvalue weighted by molar-refractivity contribution is 1.08. The smallest absolute Gasteiger partial charge is 0.0160 e. The van der Waals surface area contributed by atoms with E-state index in [1.807, 2.05) is 0 Å². The predicted molar refractivity (Wildman–Crippen MR) is 50.5 cm³/mol. The fraction of sp³-hybridized carbons (Fsp3) is 0.455. The largest absolute Gasteiger partial charge is 0.0805 e. The van der Waals surface area contributed by atoms with Gasteiger partial charge in [0.05, 0.1) is 0 Å². The minimum absolute atomic E-state index is 1.09. The summed E-state index contributed by atoms with van der Waals surface area (Å²) in [5, 5.41) is 0. The second-order valence-electron chi connectivity index (χ2n) is 3.04. The van der Waals surface area contributed by atoms with Crippen LogP contribution in [0.15, 0.2) is 34.9 Å². The van der Waals surface area contributed by atoms with Crippen LogP contribution >= 0.6 is 0 Å². The number of hydrogen-bond acceptors (Lipinski definition) is 0. The van der Waals surface area contributed by atoms with E-state index in [2.05, 4.69) is 39.0 Å². The Bertz CT molecular complexity index is 226. The molecule has 0 heterocycles. The van der Waals surface area contributed by atoms with Gasteiger partial charge in [0.1, 0.15) is 0 Å². The Labute approximate surface area is 69.3 Å². The van der Waals surface area contributed by atoms with Crippen LogP contribution in [0.5, 0.6) is 0 Å². The maximum atomic E-state index is 2.30. The van der Waals surface area contributed by atoms with E-state index in [1.54, 1.807) is 0 Å². The first-order chi connectivity index (χ1) is 5.25. The highest BCUT2D eigenvalue weighted by atomic mass is 14.1. The van der Waals surface area contributed by atoms with Crippen molar-refractivity contribution in [1.82, 2.24) is 0 Å². The molecule has 0 saturated heterocycles. The molecule has 0 nitrogen and oxygen atoms in total.